The highest BCUT2D eigenvalue weighted by molar-refractivity contribution is 9.10. The lowest BCUT2D eigenvalue weighted by Gasteiger charge is -2.05. The average Bonchev–Trinajstić information content (AvgIpc) is 2.74. The highest BCUT2D eigenvalue weighted by Crippen LogP contribution is 2.27. The molecule has 0 fully saturated rings. The van der Waals surface area contributed by atoms with Crippen molar-refractivity contribution >= 4 is 44.1 Å². The zero-order valence-electron chi connectivity index (χ0n) is 10.1. The van der Waals surface area contributed by atoms with E-state index in [1.165, 1.54) is 0 Å². The van der Waals surface area contributed by atoms with Gasteiger partial charge in [0.25, 0.3) is 0 Å². The Labute approximate surface area is 124 Å². The number of nitrogens with one attached hydrogen (secondary N) is 2. The Balaban J connectivity index is 1.84. The van der Waals surface area contributed by atoms with Crippen molar-refractivity contribution in [3.05, 3.63) is 63.7 Å². The molecule has 0 aliphatic rings. The monoisotopic (exact) mass is 334 g/mol. The standard InChI is InChI=1S/C15H12BrClN2/c16-10-4-3-5-11(8-10)18-9-14-15(17)12-6-1-2-7-13(12)19-14/h1-8,18-19H,9H2. The molecule has 0 saturated carbocycles. The number of anilines is 1. The van der Waals surface area contributed by atoms with Gasteiger partial charge in [-0.25, -0.2) is 0 Å². The number of hydrogen-bond acceptors (Lipinski definition) is 1. The molecule has 19 heavy (non-hydrogen) atoms. The predicted molar refractivity (Wildman–Crippen MR) is 84.8 cm³/mol. The third kappa shape index (κ3) is 2.62. The van der Waals surface area contributed by atoms with Crippen molar-refractivity contribution in [1.82, 2.24) is 4.98 Å². The Bertz CT molecular complexity index is 721. The van der Waals surface area contributed by atoms with Crippen LogP contribution in [0, 0.1) is 0 Å². The Kier molecular flexibility index (Phi) is 3.49. The van der Waals surface area contributed by atoms with E-state index in [1.807, 2.05) is 48.5 Å². The molecule has 2 nitrogen and oxygen atoms in total. The maximum Gasteiger partial charge on any atom is 0.0710 e. The van der Waals surface area contributed by atoms with Gasteiger partial charge in [0, 0.05) is 21.1 Å². The maximum absolute atomic E-state index is 6.37. The van der Waals surface area contributed by atoms with E-state index in [1.54, 1.807) is 0 Å². The highest BCUT2D eigenvalue weighted by atomic mass is 79.9. The second-order valence-corrected chi connectivity index (χ2v) is 5.62. The van der Waals surface area contributed by atoms with Gasteiger partial charge in [0.05, 0.1) is 17.3 Å². The Hall–Kier alpha value is -1.45. The summed E-state index contributed by atoms with van der Waals surface area (Å²) in [6, 6.07) is 16.1. The molecule has 3 rings (SSSR count). The summed E-state index contributed by atoms with van der Waals surface area (Å²) in [5, 5.41) is 5.21. The minimum atomic E-state index is 0.671. The lowest BCUT2D eigenvalue weighted by molar-refractivity contribution is 1.08. The van der Waals surface area contributed by atoms with Crippen LogP contribution < -0.4 is 5.32 Å². The van der Waals surface area contributed by atoms with Gasteiger partial charge in [-0.1, -0.05) is 51.8 Å². The molecule has 0 aliphatic carbocycles. The molecule has 0 atom stereocenters. The van der Waals surface area contributed by atoms with E-state index in [-0.39, 0.29) is 0 Å². The molecule has 3 aromatic rings. The molecule has 0 amide bonds. The first-order valence-corrected chi connectivity index (χ1v) is 7.15. The van der Waals surface area contributed by atoms with Crippen LogP contribution in [0.5, 0.6) is 0 Å². The fourth-order valence-electron chi connectivity index (χ4n) is 2.07. The topological polar surface area (TPSA) is 27.8 Å². The van der Waals surface area contributed by atoms with Crippen LogP contribution in [-0.2, 0) is 6.54 Å². The summed E-state index contributed by atoms with van der Waals surface area (Å²) in [5.41, 5.74) is 3.13. The zero-order chi connectivity index (χ0) is 13.2. The van der Waals surface area contributed by atoms with E-state index in [4.69, 9.17) is 11.6 Å². The number of fused-ring (bicyclic) bond motifs is 1. The van der Waals surface area contributed by atoms with Crippen LogP contribution in [0.15, 0.2) is 53.0 Å². The van der Waals surface area contributed by atoms with Crippen LogP contribution in [0.4, 0.5) is 5.69 Å². The Morgan fingerprint density at radius 3 is 2.74 bits per heavy atom. The van der Waals surface area contributed by atoms with Crippen LogP contribution in [0.3, 0.4) is 0 Å². The van der Waals surface area contributed by atoms with Crippen LogP contribution in [0.2, 0.25) is 5.02 Å². The summed E-state index contributed by atoms with van der Waals surface area (Å²) < 4.78 is 1.06. The fraction of sp³-hybridized carbons (Fsp3) is 0.0667. The van der Waals surface area contributed by atoms with Crippen molar-refractivity contribution in [3.63, 3.8) is 0 Å². The van der Waals surface area contributed by atoms with E-state index in [0.29, 0.717) is 6.54 Å². The number of aromatic amines is 1. The van der Waals surface area contributed by atoms with Gasteiger partial charge in [-0.2, -0.15) is 0 Å². The summed E-state index contributed by atoms with van der Waals surface area (Å²) in [5.74, 6) is 0. The fourth-order valence-corrected chi connectivity index (χ4v) is 2.75. The maximum atomic E-state index is 6.37. The smallest absolute Gasteiger partial charge is 0.0710 e. The van der Waals surface area contributed by atoms with E-state index < -0.39 is 0 Å². The van der Waals surface area contributed by atoms with Crippen molar-refractivity contribution in [2.24, 2.45) is 0 Å². The quantitative estimate of drug-likeness (QED) is 0.677. The largest absolute Gasteiger partial charge is 0.379 e. The first-order chi connectivity index (χ1) is 9.24. The van der Waals surface area contributed by atoms with Gasteiger partial charge in [-0.05, 0) is 24.3 Å². The van der Waals surface area contributed by atoms with Crippen molar-refractivity contribution < 1.29 is 0 Å². The number of aromatic nitrogens is 1. The number of H-pyrrole nitrogens is 1. The van der Waals surface area contributed by atoms with Crippen LogP contribution in [-0.4, -0.2) is 4.98 Å². The van der Waals surface area contributed by atoms with Crippen molar-refractivity contribution in [1.29, 1.82) is 0 Å². The second-order valence-electron chi connectivity index (χ2n) is 4.33. The average molecular weight is 336 g/mol. The molecular weight excluding hydrogens is 324 g/mol. The zero-order valence-corrected chi connectivity index (χ0v) is 12.4. The summed E-state index contributed by atoms with van der Waals surface area (Å²) in [6.45, 7) is 0.671. The first kappa shape index (κ1) is 12.6. The summed E-state index contributed by atoms with van der Waals surface area (Å²) in [7, 11) is 0. The van der Waals surface area contributed by atoms with Gasteiger partial charge in [-0.3, -0.25) is 0 Å². The molecule has 0 unspecified atom stereocenters. The minimum absolute atomic E-state index is 0.671. The van der Waals surface area contributed by atoms with Crippen molar-refractivity contribution in [2.75, 3.05) is 5.32 Å². The Morgan fingerprint density at radius 2 is 1.95 bits per heavy atom. The Morgan fingerprint density at radius 1 is 1.11 bits per heavy atom. The number of rotatable bonds is 3. The van der Waals surface area contributed by atoms with Gasteiger partial charge >= 0.3 is 0 Å². The molecule has 0 spiro atoms. The molecule has 0 saturated heterocycles. The third-order valence-corrected chi connectivity index (χ3v) is 3.93. The lowest BCUT2D eigenvalue weighted by Crippen LogP contribution is -1.99. The summed E-state index contributed by atoms with van der Waals surface area (Å²) in [6.07, 6.45) is 0. The molecule has 2 aromatic carbocycles. The minimum Gasteiger partial charge on any atom is -0.379 e. The molecular formula is C15H12BrClN2. The summed E-state index contributed by atoms with van der Waals surface area (Å²) >= 11 is 9.83. The predicted octanol–water partition coefficient (Wildman–Crippen LogP) is 5.20. The second kappa shape index (κ2) is 5.27. The summed E-state index contributed by atoms with van der Waals surface area (Å²) in [4.78, 5) is 3.34. The van der Waals surface area contributed by atoms with Gasteiger partial charge in [-0.15, -0.1) is 0 Å². The molecule has 96 valence electrons. The molecule has 2 N–H and O–H groups in total. The van der Waals surface area contributed by atoms with E-state index in [9.17, 15) is 0 Å². The third-order valence-electron chi connectivity index (χ3n) is 3.01. The van der Waals surface area contributed by atoms with Crippen LogP contribution >= 0.6 is 27.5 Å². The number of para-hydroxylation sites is 1. The molecule has 0 radical (unpaired) electrons. The van der Waals surface area contributed by atoms with E-state index in [2.05, 4.69) is 26.2 Å². The van der Waals surface area contributed by atoms with Crippen LogP contribution in [0.1, 0.15) is 5.69 Å². The molecule has 0 aliphatic heterocycles. The van der Waals surface area contributed by atoms with Gasteiger partial charge in [0.2, 0.25) is 0 Å². The van der Waals surface area contributed by atoms with E-state index >= 15 is 0 Å². The van der Waals surface area contributed by atoms with Crippen LogP contribution in [0.25, 0.3) is 10.9 Å². The van der Waals surface area contributed by atoms with E-state index in [0.717, 1.165) is 31.8 Å². The van der Waals surface area contributed by atoms with Gasteiger partial charge in [0.15, 0.2) is 0 Å². The normalized spacial score (nSPS) is 10.8. The number of benzene rings is 2. The van der Waals surface area contributed by atoms with Gasteiger partial charge < -0.3 is 10.3 Å². The molecule has 1 aromatic heterocycles. The van der Waals surface area contributed by atoms with Crippen molar-refractivity contribution in [2.45, 2.75) is 6.54 Å². The first-order valence-electron chi connectivity index (χ1n) is 5.98. The molecule has 1 heterocycles. The van der Waals surface area contributed by atoms with Gasteiger partial charge in [0.1, 0.15) is 0 Å². The molecule has 4 heteroatoms. The lowest BCUT2D eigenvalue weighted by atomic mass is 10.2. The number of halogens is 2. The van der Waals surface area contributed by atoms with Crippen molar-refractivity contribution in [3.8, 4) is 0 Å². The number of hydrogen-bond donors (Lipinski definition) is 2. The highest BCUT2D eigenvalue weighted by Gasteiger charge is 2.08. The molecule has 0 bridgehead atoms. The SMILES string of the molecule is Clc1c(CNc2cccc(Br)c2)[nH]c2ccccc12.